The SMILES string of the molecule is CCc1cc(C(Nc2ccc3c(N)nccc3c2)c2nc(-c3ccccc3)nn2C)c(F)cc1OCc1ccccc1. The van der Waals surface area contributed by atoms with Crippen molar-refractivity contribution in [2.75, 3.05) is 11.1 Å². The molecule has 0 aliphatic rings. The number of nitrogens with one attached hydrogen (secondary N) is 1. The zero-order valence-corrected chi connectivity index (χ0v) is 23.5. The maximum Gasteiger partial charge on any atom is 0.181 e. The molecule has 2 heterocycles. The number of ether oxygens (including phenoxy) is 1. The molecule has 8 heteroatoms. The number of benzene rings is 4. The second-order valence-corrected chi connectivity index (χ2v) is 10.1. The Morgan fingerprint density at radius 2 is 1.71 bits per heavy atom. The van der Waals surface area contributed by atoms with Crippen LogP contribution in [0.1, 0.15) is 35.5 Å². The largest absolute Gasteiger partial charge is 0.489 e. The summed E-state index contributed by atoms with van der Waals surface area (Å²) in [6.45, 7) is 2.39. The summed E-state index contributed by atoms with van der Waals surface area (Å²) in [5.74, 6) is 1.73. The van der Waals surface area contributed by atoms with Gasteiger partial charge in [-0.05, 0) is 53.3 Å². The molecule has 6 aromatic rings. The quantitative estimate of drug-likeness (QED) is 0.197. The molecule has 210 valence electrons. The summed E-state index contributed by atoms with van der Waals surface area (Å²) in [6, 6.07) is 30.0. The monoisotopic (exact) mass is 558 g/mol. The predicted molar refractivity (Wildman–Crippen MR) is 165 cm³/mol. The molecule has 4 aromatic carbocycles. The Kier molecular flexibility index (Phi) is 7.51. The zero-order chi connectivity index (χ0) is 29.1. The van der Waals surface area contributed by atoms with Crippen molar-refractivity contribution in [2.45, 2.75) is 26.0 Å². The van der Waals surface area contributed by atoms with Gasteiger partial charge in [0.1, 0.15) is 30.0 Å². The summed E-state index contributed by atoms with van der Waals surface area (Å²) in [5.41, 5.74) is 10.1. The summed E-state index contributed by atoms with van der Waals surface area (Å²) in [7, 11) is 1.83. The smallest absolute Gasteiger partial charge is 0.181 e. The first kappa shape index (κ1) is 27.0. The van der Waals surface area contributed by atoms with Crippen molar-refractivity contribution in [2.24, 2.45) is 7.05 Å². The third kappa shape index (κ3) is 5.51. The summed E-state index contributed by atoms with van der Waals surface area (Å²) < 4.78 is 23.9. The molecule has 2 aromatic heterocycles. The van der Waals surface area contributed by atoms with Crippen LogP contribution in [0.3, 0.4) is 0 Å². The number of rotatable bonds is 9. The number of nitrogens with zero attached hydrogens (tertiary/aromatic N) is 4. The average Bonchev–Trinajstić information content (AvgIpc) is 3.41. The first-order valence-corrected chi connectivity index (χ1v) is 13.9. The first-order chi connectivity index (χ1) is 20.5. The van der Waals surface area contributed by atoms with Gasteiger partial charge in [-0.1, -0.05) is 67.6 Å². The van der Waals surface area contributed by atoms with Gasteiger partial charge in [0.25, 0.3) is 0 Å². The average molecular weight is 559 g/mol. The Morgan fingerprint density at radius 3 is 2.48 bits per heavy atom. The fourth-order valence-electron chi connectivity index (χ4n) is 5.08. The summed E-state index contributed by atoms with van der Waals surface area (Å²) in [5, 5.41) is 9.99. The van der Waals surface area contributed by atoms with Gasteiger partial charge in [0.05, 0.1) is 0 Å². The van der Waals surface area contributed by atoms with Crippen molar-refractivity contribution in [3.8, 4) is 17.1 Å². The number of aromatic nitrogens is 4. The second-order valence-electron chi connectivity index (χ2n) is 10.1. The molecule has 0 saturated heterocycles. The van der Waals surface area contributed by atoms with E-state index >= 15 is 4.39 Å². The molecule has 42 heavy (non-hydrogen) atoms. The molecule has 1 unspecified atom stereocenters. The minimum Gasteiger partial charge on any atom is -0.489 e. The molecule has 0 radical (unpaired) electrons. The third-order valence-electron chi connectivity index (χ3n) is 7.30. The van der Waals surface area contributed by atoms with Gasteiger partial charge < -0.3 is 15.8 Å². The second kappa shape index (κ2) is 11.7. The number of hydrogen-bond donors (Lipinski definition) is 2. The van der Waals surface area contributed by atoms with Crippen molar-refractivity contribution in [1.29, 1.82) is 0 Å². The van der Waals surface area contributed by atoms with Crippen molar-refractivity contribution in [3.63, 3.8) is 0 Å². The van der Waals surface area contributed by atoms with Gasteiger partial charge in [-0.15, -0.1) is 0 Å². The lowest BCUT2D eigenvalue weighted by atomic mass is 9.99. The van der Waals surface area contributed by atoms with E-state index in [0.717, 1.165) is 33.2 Å². The van der Waals surface area contributed by atoms with E-state index in [1.54, 1.807) is 10.9 Å². The molecule has 0 spiro atoms. The van der Waals surface area contributed by atoms with Gasteiger partial charge in [-0.2, -0.15) is 5.10 Å². The Hall–Kier alpha value is -5.24. The van der Waals surface area contributed by atoms with Crippen LogP contribution in [0.25, 0.3) is 22.2 Å². The highest BCUT2D eigenvalue weighted by molar-refractivity contribution is 5.92. The van der Waals surface area contributed by atoms with Gasteiger partial charge in [-0.25, -0.2) is 14.4 Å². The Bertz CT molecular complexity index is 1840. The lowest BCUT2D eigenvalue weighted by Gasteiger charge is -2.22. The molecule has 0 amide bonds. The fourth-order valence-corrected chi connectivity index (χ4v) is 5.08. The van der Waals surface area contributed by atoms with E-state index in [9.17, 15) is 0 Å². The third-order valence-corrected chi connectivity index (χ3v) is 7.30. The van der Waals surface area contributed by atoms with Crippen LogP contribution in [0.5, 0.6) is 5.75 Å². The molecule has 0 aliphatic heterocycles. The number of nitrogens with two attached hydrogens (primary N) is 1. The number of aryl methyl sites for hydroxylation is 2. The highest BCUT2D eigenvalue weighted by Crippen LogP contribution is 2.34. The standard InChI is InChI=1S/C34H31FN6O/c1-3-23-19-28(29(35)20-30(23)42-21-22-10-6-4-7-11-22)31(34-39-33(40-41(34)2)24-12-8-5-9-13-24)38-26-14-15-27-25(18-26)16-17-37-32(27)36/h4-20,31,38H,3,21H2,1-2H3,(H2,36,37). The molecular weight excluding hydrogens is 527 g/mol. The van der Waals surface area contributed by atoms with Crippen molar-refractivity contribution < 1.29 is 9.13 Å². The molecule has 0 saturated carbocycles. The van der Waals surface area contributed by atoms with Crippen molar-refractivity contribution >= 4 is 22.3 Å². The predicted octanol–water partition coefficient (Wildman–Crippen LogP) is 7.09. The number of fused-ring (bicyclic) bond motifs is 1. The first-order valence-electron chi connectivity index (χ1n) is 13.9. The van der Waals surface area contributed by atoms with Gasteiger partial charge in [0.2, 0.25) is 0 Å². The van der Waals surface area contributed by atoms with Crippen LogP contribution in [0.4, 0.5) is 15.9 Å². The van der Waals surface area contributed by atoms with Crippen LogP contribution in [-0.2, 0) is 20.1 Å². The highest BCUT2D eigenvalue weighted by Gasteiger charge is 2.26. The lowest BCUT2D eigenvalue weighted by molar-refractivity contribution is 0.301. The highest BCUT2D eigenvalue weighted by atomic mass is 19.1. The van der Waals surface area contributed by atoms with Gasteiger partial charge in [0, 0.05) is 41.5 Å². The molecular formula is C34H31FN6O. The number of hydrogen-bond acceptors (Lipinski definition) is 6. The van der Waals surface area contributed by atoms with Crippen LogP contribution in [0.15, 0.2) is 103 Å². The van der Waals surface area contributed by atoms with E-state index < -0.39 is 11.9 Å². The van der Waals surface area contributed by atoms with Gasteiger partial charge in [-0.3, -0.25) is 4.68 Å². The summed E-state index contributed by atoms with van der Waals surface area (Å²) in [4.78, 5) is 9.07. The Balaban J connectivity index is 1.42. The lowest BCUT2D eigenvalue weighted by Crippen LogP contribution is -2.19. The summed E-state index contributed by atoms with van der Waals surface area (Å²) in [6.07, 6.45) is 2.34. The molecule has 0 aliphatic carbocycles. The Labute approximate surface area is 243 Å². The zero-order valence-electron chi connectivity index (χ0n) is 23.5. The van der Waals surface area contributed by atoms with E-state index in [2.05, 4.69) is 15.4 Å². The minimum atomic E-state index is -0.648. The van der Waals surface area contributed by atoms with Crippen molar-refractivity contribution in [1.82, 2.24) is 19.7 Å². The summed E-state index contributed by atoms with van der Waals surface area (Å²) >= 11 is 0. The number of nitrogen functional groups attached to an aromatic ring is 1. The molecule has 6 rings (SSSR count). The van der Waals surface area contributed by atoms with Crippen LogP contribution < -0.4 is 15.8 Å². The van der Waals surface area contributed by atoms with Crippen LogP contribution in [0.2, 0.25) is 0 Å². The van der Waals surface area contributed by atoms with E-state index in [1.807, 2.05) is 105 Å². The van der Waals surface area contributed by atoms with Crippen LogP contribution in [-0.4, -0.2) is 19.7 Å². The number of halogens is 1. The van der Waals surface area contributed by atoms with E-state index in [0.29, 0.717) is 41.8 Å². The topological polar surface area (TPSA) is 90.9 Å². The van der Waals surface area contributed by atoms with E-state index in [-0.39, 0.29) is 0 Å². The maximum atomic E-state index is 16.1. The molecule has 0 fully saturated rings. The van der Waals surface area contributed by atoms with Gasteiger partial charge >= 0.3 is 0 Å². The van der Waals surface area contributed by atoms with Crippen molar-refractivity contribution in [3.05, 3.63) is 132 Å². The maximum absolute atomic E-state index is 16.1. The van der Waals surface area contributed by atoms with Crippen LogP contribution >= 0.6 is 0 Å². The Morgan fingerprint density at radius 1 is 0.952 bits per heavy atom. The number of pyridine rings is 1. The molecule has 7 nitrogen and oxygen atoms in total. The molecule has 1 atom stereocenters. The van der Waals surface area contributed by atoms with Crippen LogP contribution in [0, 0.1) is 5.82 Å². The fraction of sp³-hybridized carbons (Fsp3) is 0.147. The normalized spacial score (nSPS) is 11.9. The van der Waals surface area contributed by atoms with Gasteiger partial charge in [0.15, 0.2) is 11.6 Å². The molecule has 0 bridgehead atoms. The number of anilines is 2. The minimum absolute atomic E-state index is 0.354. The van der Waals surface area contributed by atoms with E-state index in [1.165, 1.54) is 6.07 Å². The molecule has 3 N–H and O–H groups in total. The van der Waals surface area contributed by atoms with E-state index in [4.69, 9.17) is 15.5 Å².